The lowest BCUT2D eigenvalue weighted by Gasteiger charge is -2.39. The Balaban J connectivity index is 2.02. The molecule has 138 valence electrons. The van der Waals surface area contributed by atoms with Crippen LogP contribution in [0.1, 0.15) is 52.5 Å². The first-order chi connectivity index (χ1) is 11.7. The molecule has 0 saturated carbocycles. The van der Waals surface area contributed by atoms with Crippen molar-refractivity contribution in [3.8, 4) is 5.88 Å². The quantitative estimate of drug-likeness (QED) is 0.779. The third kappa shape index (κ3) is 4.71. The van der Waals surface area contributed by atoms with E-state index in [1.54, 1.807) is 11.1 Å². The summed E-state index contributed by atoms with van der Waals surface area (Å²) in [4.78, 5) is 30.8. The molecule has 1 saturated heterocycles. The van der Waals surface area contributed by atoms with E-state index in [4.69, 9.17) is 9.47 Å². The summed E-state index contributed by atoms with van der Waals surface area (Å²) in [5.41, 5.74) is -0.276. The van der Waals surface area contributed by atoms with Crippen LogP contribution in [0, 0.1) is 12.3 Å². The van der Waals surface area contributed by atoms with Gasteiger partial charge in [-0.3, -0.25) is 4.79 Å². The minimum atomic E-state index is -0.581. The summed E-state index contributed by atoms with van der Waals surface area (Å²) in [6, 6.07) is 3.67. The van der Waals surface area contributed by atoms with Gasteiger partial charge in [0.15, 0.2) is 0 Å². The minimum Gasteiger partial charge on any atom is -0.444 e. The lowest BCUT2D eigenvalue weighted by atomic mass is 9.76. The number of likely N-dealkylation sites (tertiary alicyclic amines) is 1. The molecule has 0 aromatic carbocycles. The first-order valence-electron chi connectivity index (χ1n) is 8.79. The van der Waals surface area contributed by atoms with Gasteiger partial charge in [0.2, 0.25) is 5.88 Å². The predicted octanol–water partition coefficient (Wildman–Crippen LogP) is 3.72. The molecule has 2 rings (SSSR count). The maximum absolute atomic E-state index is 12.8. The molecule has 1 aliphatic rings. The number of hydrogen-bond acceptors (Lipinski definition) is 5. The molecular weight excluding hydrogens is 320 g/mol. The molecule has 6 nitrogen and oxygen atoms in total. The fourth-order valence-electron chi connectivity index (χ4n) is 2.92. The summed E-state index contributed by atoms with van der Waals surface area (Å²) in [5, 5.41) is 0. The summed E-state index contributed by atoms with van der Waals surface area (Å²) in [7, 11) is 0. The number of aromatic nitrogens is 1. The smallest absolute Gasteiger partial charge is 0.410 e. The summed E-state index contributed by atoms with van der Waals surface area (Å²) in [5.74, 6) is 0.0931. The second-order valence-corrected chi connectivity index (χ2v) is 7.62. The van der Waals surface area contributed by atoms with Gasteiger partial charge in [-0.15, -0.1) is 0 Å². The number of esters is 1. The number of carbonyl (C=O) groups is 2. The van der Waals surface area contributed by atoms with E-state index in [9.17, 15) is 9.59 Å². The van der Waals surface area contributed by atoms with Crippen LogP contribution in [0.25, 0.3) is 0 Å². The van der Waals surface area contributed by atoms with E-state index in [1.165, 1.54) is 0 Å². The number of aryl methyl sites for hydroxylation is 1. The highest BCUT2D eigenvalue weighted by Gasteiger charge is 2.43. The van der Waals surface area contributed by atoms with Crippen LogP contribution in [-0.4, -0.2) is 40.6 Å². The highest BCUT2D eigenvalue weighted by molar-refractivity contribution is 5.79. The van der Waals surface area contributed by atoms with E-state index < -0.39 is 11.0 Å². The monoisotopic (exact) mass is 348 g/mol. The Labute approximate surface area is 149 Å². The van der Waals surface area contributed by atoms with Crippen LogP contribution in [0.3, 0.4) is 0 Å². The van der Waals surface area contributed by atoms with Gasteiger partial charge in [-0.2, -0.15) is 0 Å². The number of hydrogen-bond donors (Lipinski definition) is 0. The van der Waals surface area contributed by atoms with Crippen molar-refractivity contribution in [3.05, 3.63) is 23.9 Å². The van der Waals surface area contributed by atoms with Crippen molar-refractivity contribution in [2.24, 2.45) is 5.41 Å². The highest BCUT2D eigenvalue weighted by atomic mass is 16.6. The number of pyridine rings is 1. The number of ether oxygens (including phenoxy) is 2. The number of amides is 1. The SMILES string of the molecule is CCC1(C(=O)Oc2ncccc2C)CCN(C(=O)OC(C)(C)C)CC1. The van der Waals surface area contributed by atoms with E-state index in [0.717, 1.165) is 5.56 Å². The molecule has 0 spiro atoms. The standard InChI is InChI=1S/C19H28N2O4/c1-6-19(16(22)24-15-14(2)8-7-11-20-15)9-12-21(13-10-19)17(23)25-18(3,4)5/h7-8,11H,6,9-10,12-13H2,1-5H3. The maximum atomic E-state index is 12.8. The zero-order valence-electron chi connectivity index (χ0n) is 15.8. The molecule has 1 amide bonds. The zero-order valence-corrected chi connectivity index (χ0v) is 15.8. The lowest BCUT2D eigenvalue weighted by Crippen LogP contribution is -2.48. The van der Waals surface area contributed by atoms with Crippen LogP contribution in [0.5, 0.6) is 5.88 Å². The summed E-state index contributed by atoms with van der Waals surface area (Å²) in [6.45, 7) is 10.3. The van der Waals surface area contributed by atoms with Crippen molar-refractivity contribution in [1.29, 1.82) is 0 Å². The second kappa shape index (κ2) is 7.42. The van der Waals surface area contributed by atoms with Gasteiger partial charge in [-0.05, 0) is 53.0 Å². The molecule has 0 bridgehead atoms. The van der Waals surface area contributed by atoms with Crippen LogP contribution >= 0.6 is 0 Å². The van der Waals surface area contributed by atoms with Gasteiger partial charge in [0.05, 0.1) is 5.41 Å². The predicted molar refractivity (Wildman–Crippen MR) is 94.4 cm³/mol. The minimum absolute atomic E-state index is 0.263. The summed E-state index contributed by atoms with van der Waals surface area (Å²) < 4.78 is 11.0. The Kier molecular flexibility index (Phi) is 5.70. The van der Waals surface area contributed by atoms with E-state index in [-0.39, 0.29) is 12.1 Å². The Hall–Kier alpha value is -2.11. The number of nitrogens with zero attached hydrogens (tertiary/aromatic N) is 2. The van der Waals surface area contributed by atoms with Crippen LogP contribution in [-0.2, 0) is 9.53 Å². The number of rotatable bonds is 3. The molecule has 0 unspecified atom stereocenters. The molecule has 6 heteroatoms. The molecule has 25 heavy (non-hydrogen) atoms. The first-order valence-corrected chi connectivity index (χ1v) is 8.79. The van der Waals surface area contributed by atoms with Gasteiger partial charge >= 0.3 is 12.1 Å². The number of carbonyl (C=O) groups excluding carboxylic acids is 2. The first kappa shape index (κ1) is 19.2. The van der Waals surface area contributed by atoms with Crippen LogP contribution in [0.4, 0.5) is 4.79 Å². The van der Waals surface area contributed by atoms with Crippen LogP contribution < -0.4 is 4.74 Å². The Bertz CT molecular complexity index is 629. The van der Waals surface area contributed by atoms with Gasteiger partial charge in [0.25, 0.3) is 0 Å². The maximum Gasteiger partial charge on any atom is 0.410 e. The van der Waals surface area contributed by atoms with E-state index >= 15 is 0 Å². The van der Waals surface area contributed by atoms with Gasteiger partial charge in [-0.25, -0.2) is 9.78 Å². The van der Waals surface area contributed by atoms with E-state index in [1.807, 2.05) is 46.8 Å². The second-order valence-electron chi connectivity index (χ2n) is 7.62. The van der Waals surface area contributed by atoms with Crippen molar-refractivity contribution in [2.45, 2.75) is 59.5 Å². The Morgan fingerprint density at radius 1 is 1.28 bits per heavy atom. The van der Waals surface area contributed by atoms with E-state index in [2.05, 4.69) is 4.98 Å². The lowest BCUT2D eigenvalue weighted by molar-refractivity contribution is -0.149. The highest BCUT2D eigenvalue weighted by Crippen LogP contribution is 2.37. The van der Waals surface area contributed by atoms with Crippen LogP contribution in [0.15, 0.2) is 18.3 Å². The molecule has 2 heterocycles. The van der Waals surface area contributed by atoms with Crippen molar-refractivity contribution in [3.63, 3.8) is 0 Å². The van der Waals surface area contributed by atoms with Gasteiger partial charge in [-0.1, -0.05) is 13.0 Å². The molecule has 1 aromatic heterocycles. The molecular formula is C19H28N2O4. The fourth-order valence-corrected chi connectivity index (χ4v) is 2.92. The topological polar surface area (TPSA) is 68.7 Å². The van der Waals surface area contributed by atoms with E-state index in [0.29, 0.717) is 38.2 Å². The normalized spacial score (nSPS) is 17.1. The average Bonchev–Trinajstić information content (AvgIpc) is 2.55. The Morgan fingerprint density at radius 3 is 2.44 bits per heavy atom. The van der Waals surface area contributed by atoms with Crippen LogP contribution in [0.2, 0.25) is 0 Å². The Morgan fingerprint density at radius 2 is 1.92 bits per heavy atom. The molecule has 1 aliphatic heterocycles. The third-order valence-electron chi connectivity index (χ3n) is 4.63. The third-order valence-corrected chi connectivity index (χ3v) is 4.63. The van der Waals surface area contributed by atoms with Crippen molar-refractivity contribution < 1.29 is 19.1 Å². The van der Waals surface area contributed by atoms with Crippen molar-refractivity contribution >= 4 is 12.1 Å². The van der Waals surface area contributed by atoms with Gasteiger partial charge in [0.1, 0.15) is 5.60 Å². The van der Waals surface area contributed by atoms with Crippen molar-refractivity contribution in [1.82, 2.24) is 9.88 Å². The summed E-state index contributed by atoms with van der Waals surface area (Å²) >= 11 is 0. The summed E-state index contributed by atoms with van der Waals surface area (Å²) in [6.07, 6.45) is 3.08. The molecule has 0 atom stereocenters. The number of piperidine rings is 1. The van der Waals surface area contributed by atoms with Gasteiger partial charge < -0.3 is 14.4 Å². The molecule has 1 aromatic rings. The zero-order chi connectivity index (χ0) is 18.7. The largest absolute Gasteiger partial charge is 0.444 e. The molecule has 0 radical (unpaired) electrons. The molecule has 0 N–H and O–H groups in total. The van der Waals surface area contributed by atoms with Crippen molar-refractivity contribution in [2.75, 3.05) is 13.1 Å². The average molecular weight is 348 g/mol. The molecule has 0 aliphatic carbocycles. The fraction of sp³-hybridized carbons (Fsp3) is 0.632. The van der Waals surface area contributed by atoms with Gasteiger partial charge in [0, 0.05) is 24.8 Å². The molecule has 1 fully saturated rings.